The lowest BCUT2D eigenvalue weighted by Crippen LogP contribution is -2.47. The van der Waals surface area contributed by atoms with E-state index < -0.39 is 0 Å². The molecule has 0 spiro atoms. The molecule has 0 heterocycles. The summed E-state index contributed by atoms with van der Waals surface area (Å²) in [5.74, 6) is 2.60. The van der Waals surface area contributed by atoms with Gasteiger partial charge in [0, 0.05) is 6.04 Å². The summed E-state index contributed by atoms with van der Waals surface area (Å²) in [6, 6.07) is 0.0287. The molecule has 2 nitrogen and oxygen atoms in total. The van der Waals surface area contributed by atoms with E-state index in [1.165, 1.54) is 0 Å². The predicted octanol–water partition coefficient (Wildman–Crippen LogP) is 0.757. The zero-order chi connectivity index (χ0) is 9.07. The van der Waals surface area contributed by atoms with E-state index in [-0.39, 0.29) is 17.7 Å². The number of aliphatic hydroxyl groups is 1. The van der Waals surface area contributed by atoms with Crippen molar-refractivity contribution in [3.63, 3.8) is 0 Å². The van der Waals surface area contributed by atoms with Crippen molar-refractivity contribution in [2.75, 3.05) is 0 Å². The molecule has 0 aliphatic carbocycles. The molecule has 0 saturated carbocycles. The quantitative estimate of drug-likeness (QED) is 0.590. The molecule has 11 heavy (non-hydrogen) atoms. The van der Waals surface area contributed by atoms with Gasteiger partial charge in [-0.25, -0.2) is 0 Å². The highest BCUT2D eigenvalue weighted by molar-refractivity contribution is 5.08. The van der Waals surface area contributed by atoms with Crippen molar-refractivity contribution in [3.8, 4) is 12.3 Å². The normalized spacial score (nSPS) is 17.1. The summed E-state index contributed by atoms with van der Waals surface area (Å²) in [4.78, 5) is 0. The van der Waals surface area contributed by atoms with Gasteiger partial charge in [-0.3, -0.25) is 5.32 Å². The molecule has 2 N–H and O–H groups in total. The van der Waals surface area contributed by atoms with E-state index in [1.54, 1.807) is 6.92 Å². The molecule has 0 aliphatic rings. The number of aliphatic hydroxyl groups excluding tert-OH is 1. The fourth-order valence-corrected chi connectivity index (χ4v) is 0.731. The van der Waals surface area contributed by atoms with Crippen LogP contribution in [0.25, 0.3) is 0 Å². The molecule has 0 aromatic carbocycles. The second kappa shape index (κ2) is 3.75. The first-order chi connectivity index (χ1) is 4.89. The number of terminal acetylenes is 1. The lowest BCUT2D eigenvalue weighted by atomic mass is 10.0. The molecule has 2 unspecified atom stereocenters. The molecular formula is C9H17NO. The van der Waals surface area contributed by atoms with Crippen molar-refractivity contribution < 1.29 is 5.11 Å². The van der Waals surface area contributed by atoms with Crippen LogP contribution in [0, 0.1) is 12.3 Å². The molecular weight excluding hydrogens is 138 g/mol. The summed E-state index contributed by atoms with van der Waals surface area (Å²) in [7, 11) is 0. The van der Waals surface area contributed by atoms with Crippen LogP contribution in [-0.4, -0.2) is 22.8 Å². The Balaban J connectivity index is 3.96. The Hall–Kier alpha value is -0.520. The van der Waals surface area contributed by atoms with Gasteiger partial charge in [-0.15, -0.1) is 6.42 Å². The van der Waals surface area contributed by atoms with E-state index >= 15 is 0 Å². The first-order valence-electron chi connectivity index (χ1n) is 3.82. The summed E-state index contributed by atoms with van der Waals surface area (Å²) >= 11 is 0. The summed E-state index contributed by atoms with van der Waals surface area (Å²) in [6.45, 7) is 7.46. The topological polar surface area (TPSA) is 32.3 Å². The second-order valence-corrected chi connectivity index (χ2v) is 3.44. The van der Waals surface area contributed by atoms with E-state index in [4.69, 9.17) is 11.5 Å². The average Bonchev–Trinajstić information content (AvgIpc) is 1.87. The largest absolute Gasteiger partial charge is 0.392 e. The molecule has 0 aromatic rings. The molecule has 0 aromatic heterocycles. The van der Waals surface area contributed by atoms with Crippen molar-refractivity contribution in [2.24, 2.45) is 0 Å². The molecule has 0 bridgehead atoms. The zero-order valence-corrected chi connectivity index (χ0v) is 7.68. The van der Waals surface area contributed by atoms with Crippen LogP contribution in [0.3, 0.4) is 0 Å². The van der Waals surface area contributed by atoms with Gasteiger partial charge in [0.1, 0.15) is 0 Å². The van der Waals surface area contributed by atoms with Crippen LogP contribution in [0.1, 0.15) is 27.7 Å². The van der Waals surface area contributed by atoms with Crippen molar-refractivity contribution in [1.29, 1.82) is 0 Å². The SMILES string of the molecule is C#CC(C)(C)NC(C)C(C)O. The fraction of sp³-hybridized carbons (Fsp3) is 0.778. The first-order valence-corrected chi connectivity index (χ1v) is 3.82. The summed E-state index contributed by atoms with van der Waals surface area (Å²) < 4.78 is 0. The van der Waals surface area contributed by atoms with Crippen LogP contribution in [0.15, 0.2) is 0 Å². The van der Waals surface area contributed by atoms with E-state index in [0.717, 1.165) is 0 Å². The van der Waals surface area contributed by atoms with Crippen molar-refractivity contribution in [2.45, 2.75) is 45.4 Å². The maximum absolute atomic E-state index is 9.15. The first kappa shape index (κ1) is 10.5. The molecule has 2 atom stereocenters. The standard InChI is InChI=1S/C9H17NO/c1-6-9(4,5)10-7(2)8(3)11/h1,7-8,10-11H,2-5H3. The predicted molar refractivity (Wildman–Crippen MR) is 47.2 cm³/mol. The summed E-state index contributed by atoms with van der Waals surface area (Å²) in [5, 5.41) is 12.3. The van der Waals surface area contributed by atoms with Gasteiger partial charge in [-0.2, -0.15) is 0 Å². The molecule has 0 aliphatic heterocycles. The van der Waals surface area contributed by atoms with E-state index in [9.17, 15) is 0 Å². The van der Waals surface area contributed by atoms with Gasteiger partial charge < -0.3 is 5.11 Å². The second-order valence-electron chi connectivity index (χ2n) is 3.44. The minimum absolute atomic E-state index is 0.0287. The van der Waals surface area contributed by atoms with E-state index in [2.05, 4.69) is 11.2 Å². The maximum atomic E-state index is 9.15. The van der Waals surface area contributed by atoms with Gasteiger partial charge >= 0.3 is 0 Å². The Labute approximate surface area is 69.0 Å². The third kappa shape index (κ3) is 4.02. The summed E-state index contributed by atoms with van der Waals surface area (Å²) in [5.41, 5.74) is -0.337. The van der Waals surface area contributed by atoms with Crippen molar-refractivity contribution in [3.05, 3.63) is 0 Å². The van der Waals surface area contributed by atoms with E-state index in [1.807, 2.05) is 20.8 Å². The van der Waals surface area contributed by atoms with Crippen molar-refractivity contribution in [1.82, 2.24) is 5.32 Å². The van der Waals surface area contributed by atoms with Crippen molar-refractivity contribution >= 4 is 0 Å². The Morgan fingerprint density at radius 1 is 1.45 bits per heavy atom. The van der Waals surface area contributed by atoms with Crippen LogP contribution >= 0.6 is 0 Å². The monoisotopic (exact) mass is 155 g/mol. The number of nitrogens with one attached hydrogen (secondary N) is 1. The number of hydrogen-bond acceptors (Lipinski definition) is 2. The van der Waals surface area contributed by atoms with Gasteiger partial charge in [-0.05, 0) is 27.7 Å². The lowest BCUT2D eigenvalue weighted by Gasteiger charge is -2.26. The highest BCUT2D eigenvalue weighted by Gasteiger charge is 2.18. The van der Waals surface area contributed by atoms with E-state index in [0.29, 0.717) is 0 Å². The van der Waals surface area contributed by atoms with Crippen LogP contribution in [0.5, 0.6) is 0 Å². The van der Waals surface area contributed by atoms with Gasteiger partial charge in [0.15, 0.2) is 0 Å². The van der Waals surface area contributed by atoms with Crippen LogP contribution < -0.4 is 5.32 Å². The smallest absolute Gasteiger partial charge is 0.0744 e. The molecule has 0 rings (SSSR count). The third-order valence-corrected chi connectivity index (χ3v) is 1.67. The third-order valence-electron chi connectivity index (χ3n) is 1.67. The van der Waals surface area contributed by atoms with Crippen LogP contribution in [0.4, 0.5) is 0 Å². The molecule has 0 fully saturated rings. The number of rotatable bonds is 3. The molecule has 0 amide bonds. The highest BCUT2D eigenvalue weighted by Crippen LogP contribution is 2.03. The minimum Gasteiger partial charge on any atom is -0.392 e. The summed E-state index contributed by atoms with van der Waals surface area (Å²) in [6.07, 6.45) is 4.89. The van der Waals surface area contributed by atoms with Crippen LogP contribution in [-0.2, 0) is 0 Å². The minimum atomic E-state index is -0.373. The Morgan fingerprint density at radius 3 is 2.18 bits per heavy atom. The molecule has 0 radical (unpaired) electrons. The lowest BCUT2D eigenvalue weighted by molar-refractivity contribution is 0.142. The average molecular weight is 155 g/mol. The van der Waals surface area contributed by atoms with Crippen LogP contribution in [0.2, 0.25) is 0 Å². The Bertz CT molecular complexity index is 155. The van der Waals surface area contributed by atoms with Gasteiger partial charge in [0.05, 0.1) is 11.6 Å². The van der Waals surface area contributed by atoms with Gasteiger partial charge in [-0.1, -0.05) is 5.92 Å². The van der Waals surface area contributed by atoms with Gasteiger partial charge in [0.2, 0.25) is 0 Å². The fourth-order valence-electron chi connectivity index (χ4n) is 0.731. The zero-order valence-electron chi connectivity index (χ0n) is 7.68. The Kier molecular flexibility index (Phi) is 3.57. The molecule has 0 saturated heterocycles. The van der Waals surface area contributed by atoms with Gasteiger partial charge in [0.25, 0.3) is 0 Å². The maximum Gasteiger partial charge on any atom is 0.0744 e. The highest BCUT2D eigenvalue weighted by atomic mass is 16.3. The number of hydrogen-bond donors (Lipinski definition) is 2. The molecule has 2 heteroatoms. The Morgan fingerprint density at radius 2 is 1.91 bits per heavy atom. The molecule has 64 valence electrons.